The number of aryl methyl sites for hydroxylation is 1. The second-order valence-corrected chi connectivity index (χ2v) is 3.07. The third-order valence-corrected chi connectivity index (χ3v) is 2.02. The second-order valence-electron chi connectivity index (χ2n) is 2.66. The van der Waals surface area contributed by atoms with Gasteiger partial charge in [-0.15, -0.1) is 0 Å². The Balaban J connectivity index is 3.50. The summed E-state index contributed by atoms with van der Waals surface area (Å²) in [5.41, 5.74) is 0.0477. The van der Waals surface area contributed by atoms with Gasteiger partial charge in [0.05, 0.1) is 11.1 Å². The maximum Gasteiger partial charge on any atom is 0.338 e. The second kappa shape index (κ2) is 3.59. The van der Waals surface area contributed by atoms with Crippen molar-refractivity contribution in [1.82, 2.24) is 4.98 Å². The van der Waals surface area contributed by atoms with Gasteiger partial charge in [-0.3, -0.25) is 0 Å². The van der Waals surface area contributed by atoms with E-state index in [0.29, 0.717) is 5.69 Å². The lowest BCUT2D eigenvalue weighted by molar-refractivity contribution is 0.0695. The normalized spacial score (nSPS) is 9.79. The summed E-state index contributed by atoms with van der Waals surface area (Å²) in [6, 6.07) is 1.05. The van der Waals surface area contributed by atoms with Crippen LogP contribution in [0.25, 0.3) is 0 Å². The molecule has 5 nitrogen and oxygen atoms in total. The molecule has 14 heavy (non-hydrogen) atoms. The fraction of sp³-hybridized carbons (Fsp3) is 0.125. The number of carboxylic acid groups (broad SMARTS) is 2. The first-order valence-electron chi connectivity index (χ1n) is 3.64. The van der Waals surface area contributed by atoms with Crippen LogP contribution >= 0.6 is 12.2 Å². The van der Waals surface area contributed by atoms with Crippen LogP contribution < -0.4 is 0 Å². The molecule has 0 atom stereocenters. The molecule has 0 saturated carbocycles. The summed E-state index contributed by atoms with van der Waals surface area (Å²) in [4.78, 5) is 23.8. The number of aromatic amines is 1. The Kier molecular flexibility index (Phi) is 2.66. The molecule has 74 valence electrons. The van der Waals surface area contributed by atoms with Crippen molar-refractivity contribution in [2.24, 2.45) is 0 Å². The van der Waals surface area contributed by atoms with E-state index < -0.39 is 11.9 Å². The molecule has 0 unspecified atom stereocenters. The molecule has 0 bridgehead atoms. The van der Waals surface area contributed by atoms with Gasteiger partial charge in [-0.1, -0.05) is 12.2 Å². The van der Waals surface area contributed by atoms with Crippen molar-refractivity contribution in [1.29, 1.82) is 0 Å². The summed E-state index contributed by atoms with van der Waals surface area (Å²) in [6.07, 6.45) is 0. The first-order chi connectivity index (χ1) is 6.43. The predicted octanol–water partition coefficient (Wildman–Crippen LogP) is 1.45. The summed E-state index contributed by atoms with van der Waals surface area (Å²) in [5, 5.41) is 17.4. The molecule has 1 rings (SSSR count). The monoisotopic (exact) mass is 213 g/mol. The molecule has 1 aromatic rings. The van der Waals surface area contributed by atoms with E-state index in [4.69, 9.17) is 22.4 Å². The summed E-state index contributed by atoms with van der Waals surface area (Å²) in [5.74, 6) is -2.43. The number of pyridine rings is 1. The first kappa shape index (κ1) is 10.4. The van der Waals surface area contributed by atoms with Gasteiger partial charge in [-0.05, 0) is 13.0 Å². The highest BCUT2D eigenvalue weighted by Crippen LogP contribution is 2.10. The molecule has 0 aliphatic rings. The third-order valence-electron chi connectivity index (χ3n) is 1.70. The van der Waals surface area contributed by atoms with Crippen LogP contribution in [0.3, 0.4) is 0 Å². The first-order valence-corrected chi connectivity index (χ1v) is 4.05. The third kappa shape index (κ3) is 1.80. The predicted molar refractivity (Wildman–Crippen MR) is 50.3 cm³/mol. The zero-order valence-electron chi connectivity index (χ0n) is 7.20. The molecule has 1 heterocycles. The highest BCUT2D eigenvalue weighted by Gasteiger charge is 2.13. The van der Waals surface area contributed by atoms with Gasteiger partial charge in [0.2, 0.25) is 0 Å². The van der Waals surface area contributed by atoms with Crippen LogP contribution in [0.4, 0.5) is 0 Å². The van der Waals surface area contributed by atoms with Crippen molar-refractivity contribution >= 4 is 24.2 Å². The van der Waals surface area contributed by atoms with E-state index in [2.05, 4.69) is 4.98 Å². The Bertz CT molecular complexity index is 463. The van der Waals surface area contributed by atoms with Crippen LogP contribution in [0.2, 0.25) is 0 Å². The minimum Gasteiger partial charge on any atom is -0.478 e. The Morgan fingerprint density at radius 2 is 1.79 bits per heavy atom. The highest BCUT2D eigenvalue weighted by molar-refractivity contribution is 7.71. The lowest BCUT2D eigenvalue weighted by Gasteiger charge is -2.02. The van der Waals surface area contributed by atoms with Crippen LogP contribution in [-0.4, -0.2) is 27.1 Å². The van der Waals surface area contributed by atoms with Gasteiger partial charge in [-0.2, -0.15) is 0 Å². The minimum atomic E-state index is -1.24. The largest absolute Gasteiger partial charge is 0.478 e. The van der Waals surface area contributed by atoms with Crippen molar-refractivity contribution in [2.45, 2.75) is 6.92 Å². The van der Waals surface area contributed by atoms with E-state index >= 15 is 0 Å². The number of carbonyl (C=O) groups is 2. The van der Waals surface area contributed by atoms with Crippen molar-refractivity contribution in [3.8, 4) is 0 Å². The fourth-order valence-electron chi connectivity index (χ4n) is 1.00. The zero-order valence-corrected chi connectivity index (χ0v) is 8.01. The van der Waals surface area contributed by atoms with E-state index in [1.54, 1.807) is 0 Å². The maximum atomic E-state index is 10.7. The molecule has 0 aromatic carbocycles. The van der Waals surface area contributed by atoms with Gasteiger partial charge in [0.15, 0.2) is 0 Å². The molecule has 6 heteroatoms. The lowest BCUT2D eigenvalue weighted by Crippen LogP contribution is -2.07. The molecular formula is C8H7NO4S. The molecule has 0 aliphatic heterocycles. The Morgan fingerprint density at radius 1 is 1.29 bits per heavy atom. The van der Waals surface area contributed by atoms with Crippen LogP contribution in [0.15, 0.2) is 6.07 Å². The van der Waals surface area contributed by atoms with Crippen molar-refractivity contribution in [2.75, 3.05) is 0 Å². The summed E-state index contributed by atoms with van der Waals surface area (Å²) in [6.45, 7) is 1.52. The SMILES string of the molecule is Cc1[nH]c(=S)c(C(=O)O)cc1C(=O)O. The van der Waals surface area contributed by atoms with Crippen molar-refractivity contribution in [3.05, 3.63) is 27.5 Å². The van der Waals surface area contributed by atoms with Gasteiger partial charge in [0.1, 0.15) is 4.64 Å². The summed E-state index contributed by atoms with van der Waals surface area (Å²) < 4.78 is 0.0278. The van der Waals surface area contributed by atoms with Gasteiger partial charge in [0, 0.05) is 5.69 Å². The van der Waals surface area contributed by atoms with Crippen molar-refractivity contribution in [3.63, 3.8) is 0 Å². The lowest BCUT2D eigenvalue weighted by atomic mass is 10.1. The smallest absolute Gasteiger partial charge is 0.338 e. The number of aromatic carboxylic acids is 2. The number of carboxylic acids is 2. The van der Waals surface area contributed by atoms with Gasteiger partial charge >= 0.3 is 11.9 Å². The van der Waals surface area contributed by atoms with E-state index in [9.17, 15) is 9.59 Å². The van der Waals surface area contributed by atoms with Crippen LogP contribution in [0, 0.1) is 11.6 Å². The number of hydrogen-bond donors (Lipinski definition) is 3. The van der Waals surface area contributed by atoms with E-state index in [1.165, 1.54) is 6.92 Å². The van der Waals surface area contributed by atoms with Crippen LogP contribution in [0.1, 0.15) is 26.4 Å². The Hall–Kier alpha value is -1.69. The van der Waals surface area contributed by atoms with Crippen molar-refractivity contribution < 1.29 is 19.8 Å². The molecule has 0 radical (unpaired) electrons. The number of hydrogen-bond acceptors (Lipinski definition) is 3. The molecule has 1 aromatic heterocycles. The number of nitrogens with one attached hydrogen (secondary N) is 1. The average Bonchev–Trinajstić information content (AvgIpc) is 2.02. The molecule has 0 spiro atoms. The quantitative estimate of drug-likeness (QED) is 0.647. The zero-order chi connectivity index (χ0) is 10.9. The molecule has 0 aliphatic carbocycles. The molecule has 3 N–H and O–H groups in total. The molecule has 0 amide bonds. The summed E-state index contributed by atoms with van der Waals surface area (Å²) in [7, 11) is 0. The van der Waals surface area contributed by atoms with Gasteiger partial charge in [-0.25, -0.2) is 9.59 Å². The Morgan fingerprint density at radius 3 is 2.21 bits per heavy atom. The topological polar surface area (TPSA) is 90.4 Å². The molecule has 0 fully saturated rings. The number of aromatic nitrogens is 1. The van der Waals surface area contributed by atoms with Gasteiger partial charge in [0.25, 0.3) is 0 Å². The number of H-pyrrole nitrogens is 1. The Labute approximate surface area is 84.0 Å². The minimum absolute atomic E-state index is 0.0278. The van der Waals surface area contributed by atoms with E-state index in [0.717, 1.165) is 6.07 Å². The van der Waals surface area contributed by atoms with Gasteiger partial charge < -0.3 is 15.2 Å². The highest BCUT2D eigenvalue weighted by atomic mass is 32.1. The van der Waals surface area contributed by atoms with Crippen LogP contribution in [0.5, 0.6) is 0 Å². The molecular weight excluding hydrogens is 206 g/mol. The van der Waals surface area contributed by atoms with E-state index in [1.807, 2.05) is 0 Å². The standard InChI is InChI=1S/C8H7NO4S/c1-3-4(7(10)11)2-5(8(12)13)6(14)9-3/h2H,1H3,(H,9,14)(H,10,11)(H,12,13). The maximum absolute atomic E-state index is 10.7. The number of rotatable bonds is 2. The fourth-order valence-corrected chi connectivity index (χ4v) is 1.30. The summed E-state index contributed by atoms with van der Waals surface area (Å²) >= 11 is 4.73. The van der Waals surface area contributed by atoms with Crippen LogP contribution in [-0.2, 0) is 0 Å². The van der Waals surface area contributed by atoms with E-state index in [-0.39, 0.29) is 15.8 Å². The average molecular weight is 213 g/mol. The molecule has 0 saturated heterocycles.